The van der Waals surface area contributed by atoms with Crippen molar-refractivity contribution in [1.29, 1.82) is 0 Å². The van der Waals surface area contributed by atoms with E-state index in [1.165, 1.54) is 22.9 Å². The van der Waals surface area contributed by atoms with E-state index in [-0.39, 0.29) is 28.4 Å². The van der Waals surface area contributed by atoms with Crippen LogP contribution >= 0.6 is 0 Å². The van der Waals surface area contributed by atoms with Gasteiger partial charge in [0, 0.05) is 43.1 Å². The van der Waals surface area contributed by atoms with Gasteiger partial charge in [0.25, 0.3) is 15.6 Å². The van der Waals surface area contributed by atoms with Crippen LogP contribution in [0.5, 0.6) is 11.5 Å². The molecule has 0 amide bonds. The van der Waals surface area contributed by atoms with E-state index in [4.69, 9.17) is 9.47 Å². The van der Waals surface area contributed by atoms with E-state index in [9.17, 15) is 18.3 Å². The molecule has 1 aliphatic rings. The monoisotopic (exact) mass is 522 g/mol. The summed E-state index contributed by atoms with van der Waals surface area (Å²) >= 11 is 0. The molecule has 2 heterocycles. The molecule has 1 aliphatic carbocycles. The van der Waals surface area contributed by atoms with Crippen LogP contribution in [0.4, 0.5) is 0 Å². The second-order valence-corrected chi connectivity index (χ2v) is 11.4. The Morgan fingerprint density at radius 2 is 1.62 bits per heavy atom. The molecule has 2 aromatic heterocycles. The highest BCUT2D eigenvalue weighted by Gasteiger charge is 2.26. The van der Waals surface area contributed by atoms with Crippen molar-refractivity contribution in [3.05, 3.63) is 76.8 Å². The first-order chi connectivity index (χ1) is 17.7. The second kappa shape index (κ2) is 9.72. The third-order valence-corrected chi connectivity index (χ3v) is 8.76. The lowest BCUT2D eigenvalue weighted by molar-refractivity contribution is 0.0329. The Hall–Kier alpha value is -3.56. The van der Waals surface area contributed by atoms with E-state index in [1.807, 2.05) is 6.92 Å². The minimum absolute atomic E-state index is 0.00997. The average Bonchev–Trinajstić information content (AvgIpc) is 3.34. The lowest BCUT2D eigenvalue weighted by Crippen LogP contribution is -2.27. The number of aromatic nitrogens is 2. The topological polar surface area (TPSA) is 99.8 Å². The van der Waals surface area contributed by atoms with Gasteiger partial charge in [-0.25, -0.2) is 12.4 Å². The fourth-order valence-electron chi connectivity index (χ4n) is 4.97. The third-order valence-electron chi connectivity index (χ3n) is 7.07. The number of pyridine rings is 1. The van der Waals surface area contributed by atoms with Crippen molar-refractivity contribution in [3.8, 4) is 22.6 Å². The fraction of sp³-hybridized carbons (Fsp3) is 0.321. The maximum Gasteiger partial charge on any atom is 0.275 e. The van der Waals surface area contributed by atoms with Crippen molar-refractivity contribution in [2.75, 3.05) is 7.11 Å². The maximum atomic E-state index is 13.5. The van der Waals surface area contributed by atoms with Gasteiger partial charge in [-0.3, -0.25) is 4.79 Å². The summed E-state index contributed by atoms with van der Waals surface area (Å²) in [4.78, 5) is 13.3. The predicted molar refractivity (Wildman–Crippen MR) is 142 cm³/mol. The van der Waals surface area contributed by atoms with Gasteiger partial charge in [-0.1, -0.05) is 17.7 Å². The van der Waals surface area contributed by atoms with E-state index >= 15 is 0 Å². The number of methoxy groups -OCH3 is 1. The lowest BCUT2D eigenvalue weighted by atomic mass is 9.94. The van der Waals surface area contributed by atoms with Crippen LogP contribution in [0.15, 0.2) is 70.6 Å². The zero-order valence-electron chi connectivity index (χ0n) is 21.0. The molecule has 4 aromatic rings. The summed E-state index contributed by atoms with van der Waals surface area (Å²) in [5.74, 6) is 0.604. The Kier molecular flexibility index (Phi) is 6.59. The molecule has 9 heteroatoms. The number of phenolic OH excluding ortho intramolecular Hbond substituents is 1. The van der Waals surface area contributed by atoms with Crippen molar-refractivity contribution >= 4 is 20.9 Å². The summed E-state index contributed by atoms with van der Waals surface area (Å²) in [5, 5.41) is 10.8. The van der Waals surface area contributed by atoms with Gasteiger partial charge in [0.15, 0.2) is 0 Å². The lowest BCUT2D eigenvalue weighted by Gasteiger charge is -2.29. The minimum Gasteiger partial charge on any atom is -0.508 e. The Bertz CT molecular complexity index is 1610. The summed E-state index contributed by atoms with van der Waals surface area (Å²) in [6, 6.07) is 13.0. The molecule has 194 valence electrons. The van der Waals surface area contributed by atoms with Gasteiger partial charge in [-0.2, -0.15) is 0 Å². The Labute approximate surface area is 215 Å². The molecule has 1 saturated carbocycles. The van der Waals surface area contributed by atoms with Crippen LogP contribution in [-0.4, -0.2) is 41.4 Å². The number of rotatable bonds is 6. The maximum absolute atomic E-state index is 13.5. The molecule has 0 spiro atoms. The van der Waals surface area contributed by atoms with Gasteiger partial charge in [0.05, 0.1) is 17.1 Å². The van der Waals surface area contributed by atoms with Crippen molar-refractivity contribution in [2.45, 2.75) is 49.7 Å². The molecule has 0 bridgehead atoms. The van der Waals surface area contributed by atoms with Crippen LogP contribution in [0.2, 0.25) is 0 Å². The van der Waals surface area contributed by atoms with E-state index in [0.29, 0.717) is 22.3 Å². The number of ether oxygens (including phenoxy) is 2. The van der Waals surface area contributed by atoms with E-state index < -0.39 is 15.6 Å². The zero-order chi connectivity index (χ0) is 26.3. The first-order valence-corrected chi connectivity index (χ1v) is 13.7. The van der Waals surface area contributed by atoms with Crippen LogP contribution < -0.4 is 10.3 Å². The zero-order valence-corrected chi connectivity index (χ0v) is 21.9. The molecular formula is C28H30N2O6S. The van der Waals surface area contributed by atoms with Crippen LogP contribution in [0.25, 0.3) is 22.0 Å². The van der Waals surface area contributed by atoms with E-state index in [2.05, 4.69) is 0 Å². The summed E-state index contributed by atoms with van der Waals surface area (Å²) in [6.07, 6.45) is 6.76. The fourth-order valence-corrected chi connectivity index (χ4v) is 6.31. The summed E-state index contributed by atoms with van der Waals surface area (Å²) in [5.41, 5.74) is 1.70. The number of fused-ring (bicyclic) bond motifs is 1. The summed E-state index contributed by atoms with van der Waals surface area (Å²) in [7, 11) is -0.713. The number of benzene rings is 2. The molecule has 1 fully saturated rings. The molecule has 0 saturated heterocycles. The molecule has 8 nitrogen and oxygen atoms in total. The number of aryl methyl sites for hydroxylation is 2. The molecule has 5 rings (SSSR count). The first kappa shape index (κ1) is 25.1. The van der Waals surface area contributed by atoms with Crippen LogP contribution in [0.3, 0.4) is 0 Å². The highest BCUT2D eigenvalue weighted by molar-refractivity contribution is 7.90. The van der Waals surface area contributed by atoms with Gasteiger partial charge in [0.2, 0.25) is 0 Å². The number of phenols is 1. The van der Waals surface area contributed by atoms with Crippen molar-refractivity contribution in [1.82, 2.24) is 8.54 Å². The smallest absolute Gasteiger partial charge is 0.275 e. The Morgan fingerprint density at radius 3 is 2.30 bits per heavy atom. The van der Waals surface area contributed by atoms with Gasteiger partial charge in [-0.15, -0.1) is 0 Å². The molecule has 0 unspecified atom stereocenters. The van der Waals surface area contributed by atoms with Crippen LogP contribution in [0, 0.1) is 6.92 Å². The molecule has 1 N–H and O–H groups in total. The number of hydrogen-bond acceptors (Lipinski definition) is 6. The Morgan fingerprint density at radius 1 is 0.946 bits per heavy atom. The van der Waals surface area contributed by atoms with Gasteiger partial charge >= 0.3 is 0 Å². The van der Waals surface area contributed by atoms with Gasteiger partial charge in [-0.05, 0) is 69.0 Å². The molecule has 37 heavy (non-hydrogen) atoms. The SMILES string of the molecule is COC1CCC(Oc2ccc(O)cc2-c2cn(C)c(=O)c3c2ccn3S(=O)(=O)c2ccc(C)cc2)CC1. The normalized spacial score (nSPS) is 18.2. The molecule has 2 aromatic carbocycles. The number of hydrogen-bond donors (Lipinski definition) is 1. The minimum atomic E-state index is -4.02. The predicted octanol–water partition coefficient (Wildman–Crippen LogP) is 4.59. The van der Waals surface area contributed by atoms with Crippen LogP contribution in [-0.2, 0) is 21.8 Å². The quantitative estimate of drug-likeness (QED) is 0.398. The molecule has 0 atom stereocenters. The number of aromatic hydroxyl groups is 1. The van der Waals surface area contributed by atoms with E-state index in [0.717, 1.165) is 35.2 Å². The van der Waals surface area contributed by atoms with Gasteiger partial charge < -0.3 is 19.1 Å². The average molecular weight is 523 g/mol. The first-order valence-electron chi connectivity index (χ1n) is 12.2. The highest BCUT2D eigenvalue weighted by Crippen LogP contribution is 2.39. The highest BCUT2D eigenvalue weighted by atomic mass is 32.2. The van der Waals surface area contributed by atoms with Crippen LogP contribution in [0.1, 0.15) is 31.2 Å². The summed E-state index contributed by atoms with van der Waals surface area (Å²) < 4.78 is 41.3. The van der Waals surface area contributed by atoms with E-state index in [1.54, 1.807) is 56.8 Å². The molecule has 0 radical (unpaired) electrons. The van der Waals surface area contributed by atoms with Crippen molar-refractivity contribution < 1.29 is 23.0 Å². The van der Waals surface area contributed by atoms with Crippen molar-refractivity contribution in [3.63, 3.8) is 0 Å². The standard InChI is InChI=1S/C28H30N2O6S/c1-18-4-11-22(12-5-18)37(33,34)30-15-14-23-25(17-29(2)28(32)27(23)30)24-16-19(31)6-13-26(24)36-21-9-7-20(35-3)8-10-21/h4-6,11-17,20-21,31H,7-10H2,1-3H3. The summed E-state index contributed by atoms with van der Waals surface area (Å²) in [6.45, 7) is 1.88. The molecular weight excluding hydrogens is 492 g/mol. The second-order valence-electron chi connectivity index (χ2n) is 9.58. The number of nitrogens with zero attached hydrogens (tertiary/aromatic N) is 2. The third kappa shape index (κ3) is 4.65. The molecule has 0 aliphatic heterocycles. The van der Waals surface area contributed by atoms with Gasteiger partial charge in [0.1, 0.15) is 17.0 Å². The Balaban J connectivity index is 1.63. The van der Waals surface area contributed by atoms with Crippen molar-refractivity contribution in [2.24, 2.45) is 7.05 Å². The largest absolute Gasteiger partial charge is 0.508 e.